The fraction of sp³-hybridized carbons (Fsp3) is 0.524. The summed E-state index contributed by atoms with van der Waals surface area (Å²) in [6.07, 6.45) is 6.43. The number of anilines is 1. The zero-order chi connectivity index (χ0) is 19.8. The van der Waals surface area contributed by atoms with Crippen LogP contribution in [0.15, 0.2) is 41.4 Å². The fourth-order valence-corrected chi connectivity index (χ4v) is 3.60. The first-order valence-corrected chi connectivity index (χ1v) is 10.1. The summed E-state index contributed by atoms with van der Waals surface area (Å²) in [6.45, 7) is 5.07. The maximum Gasteiger partial charge on any atom is 0.233 e. The lowest BCUT2D eigenvalue weighted by molar-refractivity contribution is -0.122. The van der Waals surface area contributed by atoms with E-state index in [2.05, 4.69) is 67.2 Å². The number of guanidine groups is 1. The Labute approximate surface area is 167 Å². The van der Waals surface area contributed by atoms with Crippen molar-refractivity contribution in [2.45, 2.75) is 25.4 Å². The van der Waals surface area contributed by atoms with Crippen LogP contribution in [-0.2, 0) is 11.3 Å². The molecule has 1 saturated heterocycles. The second-order valence-electron chi connectivity index (χ2n) is 7.34. The highest BCUT2D eigenvalue weighted by Crippen LogP contribution is 2.17. The van der Waals surface area contributed by atoms with Gasteiger partial charge in [-0.25, -0.2) is 0 Å². The van der Waals surface area contributed by atoms with Crippen molar-refractivity contribution < 1.29 is 4.79 Å². The number of piperidine rings is 1. The van der Waals surface area contributed by atoms with Gasteiger partial charge >= 0.3 is 0 Å². The first-order valence-electron chi connectivity index (χ1n) is 10.1. The predicted octanol–water partition coefficient (Wildman–Crippen LogP) is 0.938. The van der Waals surface area contributed by atoms with Gasteiger partial charge in [-0.15, -0.1) is 0 Å². The summed E-state index contributed by atoms with van der Waals surface area (Å²) in [5.41, 5.74) is 2.50. The maximum atomic E-state index is 11.5. The second-order valence-corrected chi connectivity index (χ2v) is 7.34. The number of hydrogen-bond acceptors (Lipinski definition) is 4. The van der Waals surface area contributed by atoms with Crippen molar-refractivity contribution in [2.24, 2.45) is 4.99 Å². The van der Waals surface area contributed by atoms with Crippen molar-refractivity contribution in [3.63, 3.8) is 0 Å². The number of nitrogens with zero attached hydrogens (tertiary/aromatic N) is 3. The average Bonchev–Trinajstić information content (AvgIpc) is 3.27. The van der Waals surface area contributed by atoms with Crippen LogP contribution < -0.4 is 20.9 Å². The van der Waals surface area contributed by atoms with E-state index in [0.29, 0.717) is 12.6 Å². The SMILES string of the molecule is CN=C(NCc1ccc(N2CC=CC2)cc1)NC1CCN(CC(=O)NC)CC1. The van der Waals surface area contributed by atoms with Crippen LogP contribution in [0.2, 0.25) is 0 Å². The minimum Gasteiger partial charge on any atom is -0.364 e. The fourth-order valence-electron chi connectivity index (χ4n) is 3.60. The molecule has 152 valence electrons. The summed E-state index contributed by atoms with van der Waals surface area (Å²) in [5, 5.41) is 9.61. The molecule has 2 aliphatic rings. The molecule has 3 rings (SSSR count). The summed E-state index contributed by atoms with van der Waals surface area (Å²) >= 11 is 0. The molecule has 1 fully saturated rings. The number of carbonyl (C=O) groups excluding carboxylic acids is 1. The number of hydrogen-bond donors (Lipinski definition) is 3. The van der Waals surface area contributed by atoms with Crippen LogP contribution in [0, 0.1) is 0 Å². The molecule has 2 aliphatic heterocycles. The normalized spacial score (nSPS) is 18.4. The van der Waals surface area contributed by atoms with Gasteiger partial charge in [0.25, 0.3) is 0 Å². The number of benzene rings is 1. The summed E-state index contributed by atoms with van der Waals surface area (Å²) in [5.74, 6) is 0.911. The van der Waals surface area contributed by atoms with Crippen LogP contribution in [0.3, 0.4) is 0 Å². The molecular formula is C21H32N6O. The second kappa shape index (κ2) is 10.1. The molecule has 0 bridgehead atoms. The molecule has 7 nitrogen and oxygen atoms in total. The van der Waals surface area contributed by atoms with Crippen LogP contribution in [0.25, 0.3) is 0 Å². The van der Waals surface area contributed by atoms with Crippen molar-refractivity contribution in [3.8, 4) is 0 Å². The largest absolute Gasteiger partial charge is 0.364 e. The lowest BCUT2D eigenvalue weighted by atomic mass is 10.1. The summed E-state index contributed by atoms with van der Waals surface area (Å²) in [4.78, 5) is 20.4. The third-order valence-corrected chi connectivity index (χ3v) is 5.38. The van der Waals surface area contributed by atoms with Crippen LogP contribution >= 0.6 is 0 Å². The molecule has 0 saturated carbocycles. The molecule has 3 N–H and O–H groups in total. The van der Waals surface area contributed by atoms with Crippen molar-refractivity contribution in [2.75, 3.05) is 51.7 Å². The summed E-state index contributed by atoms with van der Waals surface area (Å²) in [7, 11) is 3.49. The predicted molar refractivity (Wildman–Crippen MR) is 115 cm³/mol. The van der Waals surface area contributed by atoms with E-state index >= 15 is 0 Å². The van der Waals surface area contributed by atoms with Crippen molar-refractivity contribution in [3.05, 3.63) is 42.0 Å². The molecule has 0 aromatic heterocycles. The zero-order valence-corrected chi connectivity index (χ0v) is 16.9. The topological polar surface area (TPSA) is 72.0 Å². The molecule has 1 aromatic carbocycles. The number of likely N-dealkylation sites (N-methyl/N-ethyl adjacent to an activating group) is 1. The van der Waals surface area contributed by atoms with Gasteiger partial charge in [0.2, 0.25) is 5.91 Å². The highest BCUT2D eigenvalue weighted by molar-refractivity contribution is 5.80. The van der Waals surface area contributed by atoms with Gasteiger partial charge in [-0.1, -0.05) is 24.3 Å². The molecule has 1 amide bonds. The van der Waals surface area contributed by atoms with Crippen molar-refractivity contribution in [1.29, 1.82) is 0 Å². The van der Waals surface area contributed by atoms with Crippen LogP contribution in [0.1, 0.15) is 18.4 Å². The molecule has 1 aromatic rings. The number of amides is 1. The van der Waals surface area contributed by atoms with E-state index < -0.39 is 0 Å². The minimum absolute atomic E-state index is 0.0795. The van der Waals surface area contributed by atoms with Gasteiger partial charge in [0, 0.05) is 58.5 Å². The number of rotatable bonds is 6. The van der Waals surface area contributed by atoms with E-state index in [1.54, 1.807) is 14.1 Å². The number of nitrogens with one attached hydrogen (secondary N) is 3. The van der Waals surface area contributed by atoms with Gasteiger partial charge < -0.3 is 20.9 Å². The Kier molecular flexibility index (Phi) is 7.31. The molecule has 0 unspecified atom stereocenters. The molecule has 7 heteroatoms. The molecule has 0 aliphatic carbocycles. The number of carbonyl (C=O) groups is 1. The standard InChI is InChI=1S/C21H32N6O/c1-22-20(28)16-26-13-9-18(10-14-26)25-21(23-2)24-15-17-5-7-19(8-6-17)27-11-3-4-12-27/h3-8,18H,9-16H2,1-2H3,(H,22,28)(H2,23,24,25). The number of aliphatic imine (C=N–C) groups is 1. The van der Waals surface area contributed by atoms with Crippen molar-refractivity contribution in [1.82, 2.24) is 20.9 Å². The zero-order valence-electron chi connectivity index (χ0n) is 16.9. The molecular weight excluding hydrogens is 352 g/mol. The lowest BCUT2D eigenvalue weighted by Gasteiger charge is -2.32. The molecule has 0 radical (unpaired) electrons. The highest BCUT2D eigenvalue weighted by atomic mass is 16.1. The van der Waals surface area contributed by atoms with Crippen LogP contribution in [0.5, 0.6) is 0 Å². The first kappa shape index (κ1) is 20.2. The Morgan fingerprint density at radius 1 is 1.14 bits per heavy atom. The van der Waals surface area contributed by atoms with Gasteiger partial charge in [-0.2, -0.15) is 0 Å². The Morgan fingerprint density at radius 3 is 2.43 bits per heavy atom. The van der Waals surface area contributed by atoms with Crippen molar-refractivity contribution >= 4 is 17.6 Å². The molecule has 0 atom stereocenters. The lowest BCUT2D eigenvalue weighted by Crippen LogP contribution is -2.49. The minimum atomic E-state index is 0.0795. The Balaban J connectivity index is 1.41. The smallest absolute Gasteiger partial charge is 0.233 e. The Bertz CT molecular complexity index is 683. The maximum absolute atomic E-state index is 11.5. The van der Waals surface area contributed by atoms with E-state index in [4.69, 9.17) is 0 Å². The number of likely N-dealkylation sites (tertiary alicyclic amines) is 1. The van der Waals surface area contributed by atoms with E-state index in [0.717, 1.165) is 51.5 Å². The van der Waals surface area contributed by atoms with E-state index in [-0.39, 0.29) is 5.91 Å². The van der Waals surface area contributed by atoms with E-state index in [1.165, 1.54) is 11.3 Å². The monoisotopic (exact) mass is 384 g/mol. The van der Waals surface area contributed by atoms with E-state index in [9.17, 15) is 4.79 Å². The van der Waals surface area contributed by atoms with Gasteiger partial charge in [-0.3, -0.25) is 14.7 Å². The third kappa shape index (κ3) is 5.73. The molecule has 0 spiro atoms. The highest BCUT2D eigenvalue weighted by Gasteiger charge is 2.21. The average molecular weight is 385 g/mol. The third-order valence-electron chi connectivity index (χ3n) is 5.38. The summed E-state index contributed by atoms with van der Waals surface area (Å²) in [6, 6.07) is 9.10. The molecule has 2 heterocycles. The van der Waals surface area contributed by atoms with Crippen LogP contribution in [-0.4, -0.2) is 69.6 Å². The van der Waals surface area contributed by atoms with E-state index in [1.807, 2.05) is 0 Å². The van der Waals surface area contributed by atoms with Gasteiger partial charge in [0.1, 0.15) is 0 Å². The Hall–Kier alpha value is -2.54. The van der Waals surface area contributed by atoms with Gasteiger partial charge in [0.05, 0.1) is 6.54 Å². The molecule has 28 heavy (non-hydrogen) atoms. The van der Waals surface area contributed by atoms with Crippen LogP contribution in [0.4, 0.5) is 5.69 Å². The first-order chi connectivity index (χ1) is 13.7. The van der Waals surface area contributed by atoms with Gasteiger partial charge in [-0.05, 0) is 30.5 Å². The summed E-state index contributed by atoms with van der Waals surface area (Å²) < 4.78 is 0. The quantitative estimate of drug-likeness (QED) is 0.387. The van der Waals surface area contributed by atoms with Gasteiger partial charge in [0.15, 0.2) is 5.96 Å². The Morgan fingerprint density at radius 2 is 1.82 bits per heavy atom.